The summed E-state index contributed by atoms with van der Waals surface area (Å²) in [6.45, 7) is 7.97. The van der Waals surface area contributed by atoms with Gasteiger partial charge < -0.3 is 24.4 Å². The fourth-order valence-electron chi connectivity index (χ4n) is 7.24. The molecule has 12 nitrogen and oxygen atoms in total. The largest absolute Gasteiger partial charge is 0.493 e. The molecule has 0 aliphatic carbocycles. The predicted molar refractivity (Wildman–Crippen MR) is 187 cm³/mol. The number of ether oxygens (including phenoxy) is 2. The number of halogens is 2. The van der Waals surface area contributed by atoms with E-state index in [2.05, 4.69) is 37.1 Å². The molecule has 1 unspecified atom stereocenters. The number of aliphatic hydroxyl groups excluding tert-OH is 1. The average molecular weight is 701 g/mol. The van der Waals surface area contributed by atoms with Crippen LogP contribution in [0.4, 0.5) is 20.2 Å². The minimum Gasteiger partial charge on any atom is -0.493 e. The lowest BCUT2D eigenvalue weighted by atomic mass is 9.87. The number of anilines is 2. The second kappa shape index (κ2) is 14.6. The molecule has 7 rings (SSSR count). The molecule has 2 aliphatic heterocycles. The molecule has 268 valence electrons. The van der Waals surface area contributed by atoms with E-state index in [-0.39, 0.29) is 24.2 Å². The summed E-state index contributed by atoms with van der Waals surface area (Å²) in [5, 5.41) is 18.5. The summed E-state index contributed by atoms with van der Waals surface area (Å²) in [4.78, 5) is 21.7. The molecular formula is C37H42F2N8O4. The van der Waals surface area contributed by atoms with Gasteiger partial charge in [0.1, 0.15) is 42.0 Å². The van der Waals surface area contributed by atoms with E-state index in [4.69, 9.17) is 9.47 Å². The van der Waals surface area contributed by atoms with Crippen LogP contribution in [0.15, 0.2) is 90.5 Å². The average Bonchev–Trinajstić information content (AvgIpc) is 3.90. The van der Waals surface area contributed by atoms with E-state index in [0.29, 0.717) is 31.6 Å². The Morgan fingerprint density at radius 1 is 0.941 bits per heavy atom. The van der Waals surface area contributed by atoms with Crippen molar-refractivity contribution in [1.29, 1.82) is 0 Å². The van der Waals surface area contributed by atoms with Gasteiger partial charge in [-0.05, 0) is 74.4 Å². The third-order valence-electron chi connectivity index (χ3n) is 9.96. The maximum atomic E-state index is 15.0. The second-order valence-corrected chi connectivity index (χ2v) is 13.3. The lowest BCUT2D eigenvalue weighted by molar-refractivity contribution is -0.0206. The monoisotopic (exact) mass is 700 g/mol. The van der Waals surface area contributed by atoms with E-state index >= 15 is 0 Å². The third kappa shape index (κ3) is 7.24. The van der Waals surface area contributed by atoms with Crippen molar-refractivity contribution in [2.24, 2.45) is 5.92 Å². The Hall–Kier alpha value is -5.08. The molecule has 51 heavy (non-hydrogen) atoms. The van der Waals surface area contributed by atoms with Gasteiger partial charge in [-0.2, -0.15) is 10.2 Å². The maximum Gasteiger partial charge on any atom is 0.350 e. The molecule has 0 saturated carbocycles. The molecule has 1 N–H and O–H groups in total. The van der Waals surface area contributed by atoms with Gasteiger partial charge in [0.05, 0.1) is 37.6 Å². The van der Waals surface area contributed by atoms with Crippen molar-refractivity contribution in [3.63, 3.8) is 0 Å². The maximum absolute atomic E-state index is 15.0. The van der Waals surface area contributed by atoms with Crippen molar-refractivity contribution in [2.45, 2.75) is 51.0 Å². The van der Waals surface area contributed by atoms with Crippen LogP contribution in [0.5, 0.6) is 5.75 Å². The van der Waals surface area contributed by atoms with Crippen LogP contribution in [0.3, 0.4) is 0 Å². The molecule has 2 saturated heterocycles. The fraction of sp³-hybridized carbons (Fsp3) is 0.405. The molecule has 4 atom stereocenters. The number of rotatable bonds is 12. The van der Waals surface area contributed by atoms with Gasteiger partial charge in [0.15, 0.2) is 0 Å². The summed E-state index contributed by atoms with van der Waals surface area (Å²) in [7, 11) is 0. The summed E-state index contributed by atoms with van der Waals surface area (Å²) >= 11 is 0. The smallest absolute Gasteiger partial charge is 0.350 e. The summed E-state index contributed by atoms with van der Waals surface area (Å²) in [5.41, 5.74) is 1.93. The number of hydrogen-bond acceptors (Lipinski definition) is 9. The SMILES string of the molecule is CC[C@H](C(C)O)n1ncn(-c2ccc(N3CCN(c4ccc(OC[C@H]5CO[C@](Cn6cncn6)(c6ccc(F)cc6F)C5)cc4)CC3)cc2)c1=O. The molecule has 2 aromatic heterocycles. The van der Waals surface area contributed by atoms with Gasteiger partial charge in [0.2, 0.25) is 0 Å². The third-order valence-corrected chi connectivity index (χ3v) is 9.96. The highest BCUT2D eigenvalue weighted by Gasteiger charge is 2.44. The van der Waals surface area contributed by atoms with Crippen LogP contribution in [0.25, 0.3) is 5.69 Å². The normalized spacial score (nSPS) is 20.5. The number of benzene rings is 3. The van der Waals surface area contributed by atoms with E-state index in [0.717, 1.165) is 55.1 Å². The highest BCUT2D eigenvalue weighted by atomic mass is 19.1. The van der Waals surface area contributed by atoms with Crippen molar-refractivity contribution in [3.05, 3.63) is 113 Å². The number of nitrogens with zero attached hydrogens (tertiary/aromatic N) is 8. The fourth-order valence-corrected chi connectivity index (χ4v) is 7.24. The molecular weight excluding hydrogens is 658 g/mol. The van der Waals surface area contributed by atoms with Crippen LogP contribution >= 0.6 is 0 Å². The Kier molecular flexibility index (Phi) is 9.87. The Balaban J connectivity index is 0.923. The molecule has 4 heterocycles. The minimum atomic E-state index is -1.02. The summed E-state index contributed by atoms with van der Waals surface area (Å²) in [6, 6.07) is 19.2. The van der Waals surface area contributed by atoms with Crippen molar-refractivity contribution in [3.8, 4) is 11.4 Å². The van der Waals surface area contributed by atoms with Crippen molar-refractivity contribution in [2.75, 3.05) is 49.2 Å². The Bertz CT molecular complexity index is 1960. The molecule has 0 bridgehead atoms. The van der Waals surface area contributed by atoms with Crippen LogP contribution < -0.4 is 20.2 Å². The highest BCUT2D eigenvalue weighted by Crippen LogP contribution is 2.42. The van der Waals surface area contributed by atoms with Crippen LogP contribution in [-0.4, -0.2) is 79.7 Å². The van der Waals surface area contributed by atoms with E-state index in [1.54, 1.807) is 17.9 Å². The molecule has 14 heteroatoms. The lowest BCUT2D eigenvalue weighted by Crippen LogP contribution is -2.46. The Morgan fingerprint density at radius 2 is 1.61 bits per heavy atom. The second-order valence-electron chi connectivity index (χ2n) is 13.3. The summed E-state index contributed by atoms with van der Waals surface area (Å²) < 4.78 is 45.6. The first-order valence-electron chi connectivity index (χ1n) is 17.3. The molecule has 0 radical (unpaired) electrons. The van der Waals surface area contributed by atoms with Crippen molar-refractivity contribution < 1.29 is 23.4 Å². The molecule has 2 aliphatic rings. The number of piperazine rings is 1. The zero-order valence-corrected chi connectivity index (χ0v) is 28.7. The molecule has 3 aromatic carbocycles. The van der Waals surface area contributed by atoms with Gasteiger partial charge in [-0.3, -0.25) is 0 Å². The quantitative estimate of drug-likeness (QED) is 0.200. The van der Waals surface area contributed by atoms with Crippen LogP contribution in [0.1, 0.15) is 38.3 Å². The van der Waals surface area contributed by atoms with Gasteiger partial charge in [-0.15, -0.1) is 0 Å². The molecule has 0 amide bonds. The lowest BCUT2D eigenvalue weighted by Gasteiger charge is -2.37. The number of aliphatic hydroxyl groups is 1. The van der Waals surface area contributed by atoms with Gasteiger partial charge >= 0.3 is 5.69 Å². The first kappa shape index (κ1) is 34.4. The van der Waals surface area contributed by atoms with E-state index in [1.165, 1.54) is 34.0 Å². The number of hydrogen-bond donors (Lipinski definition) is 1. The zero-order valence-electron chi connectivity index (χ0n) is 28.7. The first-order chi connectivity index (χ1) is 24.7. The topological polar surface area (TPSA) is 116 Å². The zero-order chi connectivity index (χ0) is 35.5. The summed E-state index contributed by atoms with van der Waals surface area (Å²) in [6.07, 6.45) is 4.88. The molecule has 5 aromatic rings. The van der Waals surface area contributed by atoms with E-state index < -0.39 is 23.3 Å². The van der Waals surface area contributed by atoms with E-state index in [1.807, 2.05) is 43.3 Å². The van der Waals surface area contributed by atoms with Crippen molar-refractivity contribution >= 4 is 11.4 Å². The molecule has 2 fully saturated rings. The van der Waals surface area contributed by atoms with Crippen LogP contribution in [-0.2, 0) is 16.9 Å². The first-order valence-corrected chi connectivity index (χ1v) is 17.3. The highest BCUT2D eigenvalue weighted by molar-refractivity contribution is 5.54. The van der Waals surface area contributed by atoms with Crippen molar-refractivity contribution in [1.82, 2.24) is 29.1 Å². The predicted octanol–water partition coefficient (Wildman–Crippen LogP) is 4.57. The van der Waals surface area contributed by atoms with Gasteiger partial charge in [-0.25, -0.2) is 32.5 Å². The Morgan fingerprint density at radius 3 is 2.22 bits per heavy atom. The standard InChI is InChI=1S/C37H42F2N8O4/c1-3-35(26(2)48)47-36(49)46(25-42-47)31-7-5-29(6-8-31)43-14-16-44(17-15-43)30-9-11-32(12-10-30)50-20-27-19-37(51-21-27,22-45-24-40-23-41-45)33-13-4-28(38)18-34(33)39/h4-13,18,23-27,35,48H,3,14-17,19-22H2,1-2H3/t26?,27-,35+,37+/m0/s1. The van der Waals surface area contributed by atoms with Gasteiger partial charge in [0, 0.05) is 55.1 Å². The molecule has 0 spiro atoms. The Labute approximate surface area is 294 Å². The number of aromatic nitrogens is 6. The summed E-state index contributed by atoms with van der Waals surface area (Å²) in [5.74, 6) is -0.563. The van der Waals surface area contributed by atoms with Gasteiger partial charge in [-0.1, -0.05) is 13.0 Å². The minimum absolute atomic E-state index is 0.0121. The van der Waals surface area contributed by atoms with E-state index in [9.17, 15) is 18.7 Å². The van der Waals surface area contributed by atoms with Gasteiger partial charge in [0.25, 0.3) is 0 Å². The van der Waals surface area contributed by atoms with Crippen LogP contribution in [0, 0.1) is 17.6 Å². The van der Waals surface area contributed by atoms with Crippen LogP contribution in [0.2, 0.25) is 0 Å².